The molecule has 1 aliphatic heterocycles. The van der Waals surface area contributed by atoms with Gasteiger partial charge < -0.3 is 10.1 Å². The van der Waals surface area contributed by atoms with E-state index in [1.54, 1.807) is 7.05 Å². The molecule has 0 aromatic heterocycles. The van der Waals surface area contributed by atoms with Gasteiger partial charge in [-0.25, -0.2) is 17.5 Å². The molecule has 0 bridgehead atoms. The average molecular weight is 302 g/mol. The van der Waals surface area contributed by atoms with Gasteiger partial charge in [-0.15, -0.1) is 0 Å². The quantitative estimate of drug-likeness (QED) is 0.851. The number of benzene rings is 1. The van der Waals surface area contributed by atoms with Crippen molar-refractivity contribution < 1.29 is 17.5 Å². The molecule has 7 heteroatoms. The summed E-state index contributed by atoms with van der Waals surface area (Å²) in [5.74, 6) is -0.420. The number of hydrogen-bond donors (Lipinski definition) is 2. The van der Waals surface area contributed by atoms with Gasteiger partial charge in [0.25, 0.3) is 0 Å². The van der Waals surface area contributed by atoms with E-state index < -0.39 is 15.8 Å². The molecule has 0 spiro atoms. The Kier molecular flexibility index (Phi) is 4.74. The van der Waals surface area contributed by atoms with Crippen molar-refractivity contribution in [3.63, 3.8) is 0 Å². The van der Waals surface area contributed by atoms with E-state index in [2.05, 4.69) is 10.0 Å². The third-order valence-corrected chi connectivity index (χ3v) is 4.87. The van der Waals surface area contributed by atoms with Gasteiger partial charge in [-0.2, -0.15) is 0 Å². The molecular weight excluding hydrogens is 283 g/mol. The molecule has 2 N–H and O–H groups in total. The fraction of sp³-hybridized carbons (Fsp3) is 0.538. The lowest BCUT2D eigenvalue weighted by molar-refractivity contribution is 0.117. The largest absolute Gasteiger partial charge is 0.377 e. The Morgan fingerprint density at radius 1 is 1.45 bits per heavy atom. The maximum atomic E-state index is 13.5. The molecule has 5 nitrogen and oxygen atoms in total. The number of nitrogens with one attached hydrogen (secondary N) is 2. The first-order chi connectivity index (χ1) is 9.44. The zero-order chi connectivity index (χ0) is 14.8. The Labute approximate surface area is 118 Å². The predicted molar refractivity (Wildman–Crippen MR) is 73.3 cm³/mol. The van der Waals surface area contributed by atoms with E-state index in [1.807, 2.05) is 6.92 Å². The van der Waals surface area contributed by atoms with Crippen LogP contribution in [0.4, 0.5) is 4.39 Å². The first-order valence-corrected chi connectivity index (χ1v) is 7.99. The average Bonchev–Trinajstić information content (AvgIpc) is 2.77. The first-order valence-electron chi connectivity index (χ1n) is 6.51. The van der Waals surface area contributed by atoms with Gasteiger partial charge in [-0.05, 0) is 38.6 Å². The molecular formula is C13H19FN2O3S. The lowest BCUT2D eigenvalue weighted by Crippen LogP contribution is -2.39. The molecule has 1 aromatic rings. The van der Waals surface area contributed by atoms with E-state index in [4.69, 9.17) is 4.74 Å². The van der Waals surface area contributed by atoms with Gasteiger partial charge in [0.1, 0.15) is 5.82 Å². The summed E-state index contributed by atoms with van der Waals surface area (Å²) < 4.78 is 46.1. The topological polar surface area (TPSA) is 67.4 Å². The second-order valence-corrected chi connectivity index (χ2v) is 6.59. The van der Waals surface area contributed by atoms with Gasteiger partial charge in [0, 0.05) is 18.7 Å². The van der Waals surface area contributed by atoms with Crippen LogP contribution in [0.15, 0.2) is 23.1 Å². The summed E-state index contributed by atoms with van der Waals surface area (Å²) in [7, 11) is -1.98. The van der Waals surface area contributed by atoms with Crippen molar-refractivity contribution in [3.8, 4) is 0 Å². The molecule has 1 aromatic carbocycles. The van der Waals surface area contributed by atoms with Crippen molar-refractivity contribution in [1.29, 1.82) is 0 Å². The second-order valence-electron chi connectivity index (χ2n) is 4.88. The van der Waals surface area contributed by atoms with Crippen LogP contribution in [0.5, 0.6) is 0 Å². The lowest BCUT2D eigenvalue weighted by atomic mass is 10.2. The molecule has 20 heavy (non-hydrogen) atoms. The van der Waals surface area contributed by atoms with Crippen LogP contribution in [0, 0.1) is 5.82 Å². The van der Waals surface area contributed by atoms with E-state index in [-0.39, 0.29) is 23.6 Å². The maximum Gasteiger partial charge on any atom is 0.240 e. The van der Waals surface area contributed by atoms with Crippen LogP contribution in [-0.2, 0) is 21.3 Å². The highest BCUT2D eigenvalue weighted by molar-refractivity contribution is 7.89. The minimum Gasteiger partial charge on any atom is -0.377 e. The standard InChI is InChI=1S/C13H19FN2O3S/c1-9-13(5-6-19-9)16-20(17,18)11-3-4-12(14)10(7-11)8-15-2/h3-4,7,9,13,15-16H,5-6,8H2,1-2H3. The van der Waals surface area contributed by atoms with Crippen molar-refractivity contribution in [2.45, 2.75) is 36.9 Å². The molecule has 0 aliphatic carbocycles. The maximum absolute atomic E-state index is 13.5. The van der Waals surface area contributed by atoms with Gasteiger partial charge in [0.15, 0.2) is 0 Å². The SMILES string of the molecule is CNCc1cc(S(=O)(=O)NC2CCOC2C)ccc1F. The molecule has 0 saturated carbocycles. The smallest absolute Gasteiger partial charge is 0.240 e. The van der Waals surface area contributed by atoms with E-state index in [1.165, 1.54) is 18.2 Å². The van der Waals surface area contributed by atoms with Crippen molar-refractivity contribution in [1.82, 2.24) is 10.0 Å². The summed E-state index contributed by atoms with van der Waals surface area (Å²) in [6.07, 6.45) is 0.493. The molecule has 2 unspecified atom stereocenters. The highest BCUT2D eigenvalue weighted by Gasteiger charge is 2.29. The van der Waals surface area contributed by atoms with Gasteiger partial charge in [-0.3, -0.25) is 0 Å². The van der Waals surface area contributed by atoms with Crippen molar-refractivity contribution in [3.05, 3.63) is 29.6 Å². The summed E-state index contributed by atoms with van der Waals surface area (Å²) in [5, 5.41) is 2.81. The molecule has 2 atom stereocenters. The lowest BCUT2D eigenvalue weighted by Gasteiger charge is -2.16. The van der Waals surface area contributed by atoms with Crippen LogP contribution < -0.4 is 10.0 Å². The molecule has 0 radical (unpaired) electrons. The van der Waals surface area contributed by atoms with Gasteiger partial charge >= 0.3 is 0 Å². The number of ether oxygens (including phenoxy) is 1. The van der Waals surface area contributed by atoms with Crippen molar-refractivity contribution in [2.75, 3.05) is 13.7 Å². The summed E-state index contributed by atoms with van der Waals surface area (Å²) in [5.41, 5.74) is 0.325. The predicted octanol–water partition coefficient (Wildman–Crippen LogP) is 1.00. The van der Waals surface area contributed by atoms with Gasteiger partial charge in [0.2, 0.25) is 10.0 Å². The summed E-state index contributed by atoms with van der Waals surface area (Å²) in [4.78, 5) is 0.0725. The van der Waals surface area contributed by atoms with E-state index in [0.29, 0.717) is 18.6 Å². The molecule has 112 valence electrons. The van der Waals surface area contributed by atoms with E-state index in [9.17, 15) is 12.8 Å². The third kappa shape index (κ3) is 3.35. The zero-order valence-corrected chi connectivity index (χ0v) is 12.3. The summed E-state index contributed by atoms with van der Waals surface area (Å²) in [6, 6.07) is 3.57. The monoisotopic (exact) mass is 302 g/mol. The Morgan fingerprint density at radius 3 is 2.80 bits per heavy atom. The Bertz CT molecular complexity index is 577. The third-order valence-electron chi connectivity index (χ3n) is 3.38. The van der Waals surface area contributed by atoms with Crippen molar-refractivity contribution in [2.24, 2.45) is 0 Å². The van der Waals surface area contributed by atoms with E-state index in [0.717, 1.165) is 0 Å². The summed E-state index contributed by atoms with van der Waals surface area (Å²) >= 11 is 0. The highest BCUT2D eigenvalue weighted by Crippen LogP contribution is 2.19. The van der Waals surface area contributed by atoms with Crippen LogP contribution >= 0.6 is 0 Å². The molecule has 2 rings (SSSR count). The number of rotatable bonds is 5. The second kappa shape index (κ2) is 6.17. The fourth-order valence-electron chi connectivity index (χ4n) is 2.20. The van der Waals surface area contributed by atoms with Crippen molar-refractivity contribution >= 4 is 10.0 Å². The van der Waals surface area contributed by atoms with Crippen LogP contribution in [-0.4, -0.2) is 34.2 Å². The van der Waals surface area contributed by atoms with Crippen LogP contribution in [0.3, 0.4) is 0 Å². The van der Waals surface area contributed by atoms with Crippen LogP contribution in [0.1, 0.15) is 18.9 Å². The Balaban J connectivity index is 2.22. The van der Waals surface area contributed by atoms with Gasteiger partial charge in [-0.1, -0.05) is 0 Å². The minimum absolute atomic E-state index is 0.0725. The molecule has 1 heterocycles. The van der Waals surface area contributed by atoms with E-state index >= 15 is 0 Å². The first kappa shape index (κ1) is 15.4. The molecule has 1 saturated heterocycles. The molecule has 0 amide bonds. The molecule has 1 aliphatic rings. The number of halogens is 1. The van der Waals surface area contributed by atoms with Crippen LogP contribution in [0.2, 0.25) is 0 Å². The Hall–Kier alpha value is -1.02. The summed E-state index contributed by atoms with van der Waals surface area (Å²) in [6.45, 7) is 2.65. The fourth-order valence-corrected chi connectivity index (χ4v) is 3.59. The van der Waals surface area contributed by atoms with Gasteiger partial charge in [0.05, 0.1) is 17.0 Å². The number of hydrogen-bond acceptors (Lipinski definition) is 4. The van der Waals surface area contributed by atoms with Crippen LogP contribution in [0.25, 0.3) is 0 Å². The molecule has 1 fully saturated rings. The number of sulfonamides is 1. The minimum atomic E-state index is -3.66. The zero-order valence-electron chi connectivity index (χ0n) is 11.5. The highest BCUT2D eigenvalue weighted by atomic mass is 32.2. The normalized spacial score (nSPS) is 23.1. The Morgan fingerprint density at radius 2 is 2.20 bits per heavy atom.